The highest BCUT2D eigenvalue weighted by Crippen LogP contribution is 2.34. The van der Waals surface area contributed by atoms with Crippen LogP contribution in [0.1, 0.15) is 26.7 Å². The van der Waals surface area contributed by atoms with E-state index in [1.165, 1.54) is 12.1 Å². The van der Waals surface area contributed by atoms with E-state index in [2.05, 4.69) is 5.32 Å². The number of anilines is 1. The molecule has 0 radical (unpaired) electrons. The van der Waals surface area contributed by atoms with Crippen LogP contribution in [0.2, 0.25) is 10.0 Å². The zero-order chi connectivity index (χ0) is 13.0. The number of halogens is 2. The molecule has 0 aliphatic heterocycles. The fraction of sp³-hybridized carbons (Fsp3) is 0.455. The van der Waals surface area contributed by atoms with E-state index in [0.29, 0.717) is 10.7 Å². The summed E-state index contributed by atoms with van der Waals surface area (Å²) in [4.78, 5) is 10.4. The van der Waals surface area contributed by atoms with E-state index < -0.39 is 4.92 Å². The topological polar surface area (TPSA) is 55.2 Å². The molecule has 0 spiro atoms. The molecule has 0 amide bonds. The SMILES string of the molecule is CCC(CC)Nc1cc(Cl)c(Cl)cc1[N+](=O)[O-]. The number of nitro benzene ring substituents is 1. The molecule has 0 unspecified atom stereocenters. The highest BCUT2D eigenvalue weighted by atomic mass is 35.5. The molecule has 1 aromatic rings. The number of nitrogens with zero attached hydrogens (tertiary/aromatic N) is 1. The Morgan fingerprint density at radius 2 is 1.82 bits per heavy atom. The third kappa shape index (κ3) is 3.48. The van der Waals surface area contributed by atoms with Crippen LogP contribution < -0.4 is 5.32 Å². The Hall–Kier alpha value is -1.00. The lowest BCUT2D eigenvalue weighted by Gasteiger charge is -2.16. The average Bonchev–Trinajstić information content (AvgIpc) is 2.29. The van der Waals surface area contributed by atoms with Crippen molar-refractivity contribution in [3.63, 3.8) is 0 Å². The molecular formula is C11H14Cl2N2O2. The van der Waals surface area contributed by atoms with E-state index in [1.54, 1.807) is 0 Å². The highest BCUT2D eigenvalue weighted by Gasteiger charge is 2.18. The summed E-state index contributed by atoms with van der Waals surface area (Å²) in [5.74, 6) is 0. The quantitative estimate of drug-likeness (QED) is 0.636. The van der Waals surface area contributed by atoms with Crippen molar-refractivity contribution in [2.45, 2.75) is 32.7 Å². The molecule has 0 fully saturated rings. The Kier molecular flexibility index (Phi) is 5.02. The second-order valence-electron chi connectivity index (χ2n) is 3.70. The zero-order valence-corrected chi connectivity index (χ0v) is 11.2. The van der Waals surface area contributed by atoms with Crippen LogP contribution in [0.25, 0.3) is 0 Å². The van der Waals surface area contributed by atoms with Gasteiger partial charge in [-0.25, -0.2) is 0 Å². The molecule has 1 N–H and O–H groups in total. The largest absolute Gasteiger partial charge is 0.377 e. The fourth-order valence-corrected chi connectivity index (χ4v) is 1.84. The maximum Gasteiger partial charge on any atom is 0.293 e. The molecule has 94 valence electrons. The van der Waals surface area contributed by atoms with E-state index in [-0.39, 0.29) is 16.8 Å². The minimum Gasteiger partial charge on any atom is -0.377 e. The predicted molar refractivity (Wildman–Crippen MR) is 71.1 cm³/mol. The summed E-state index contributed by atoms with van der Waals surface area (Å²) in [5.41, 5.74) is 0.365. The van der Waals surface area contributed by atoms with Crippen LogP contribution in [-0.2, 0) is 0 Å². The molecule has 0 heterocycles. The Bertz CT molecular complexity index is 420. The van der Waals surface area contributed by atoms with Gasteiger partial charge in [-0.1, -0.05) is 37.0 Å². The molecule has 0 aliphatic rings. The first-order chi connectivity index (χ1) is 7.99. The van der Waals surface area contributed by atoms with Crippen LogP contribution in [0.15, 0.2) is 12.1 Å². The minimum atomic E-state index is -0.465. The molecule has 0 aromatic heterocycles. The van der Waals surface area contributed by atoms with Crippen molar-refractivity contribution in [3.8, 4) is 0 Å². The standard InChI is InChI=1S/C11H14Cl2N2O2/c1-3-7(4-2)14-10-5-8(12)9(13)6-11(10)15(16)17/h5-7,14H,3-4H2,1-2H3. The van der Waals surface area contributed by atoms with Gasteiger partial charge in [0.1, 0.15) is 5.69 Å². The van der Waals surface area contributed by atoms with Crippen molar-refractivity contribution >= 4 is 34.6 Å². The highest BCUT2D eigenvalue weighted by molar-refractivity contribution is 6.42. The molecule has 0 saturated carbocycles. The number of nitro groups is 1. The number of benzene rings is 1. The van der Waals surface area contributed by atoms with Gasteiger partial charge < -0.3 is 5.32 Å². The lowest BCUT2D eigenvalue weighted by atomic mass is 10.1. The van der Waals surface area contributed by atoms with Crippen molar-refractivity contribution < 1.29 is 4.92 Å². The molecule has 1 aromatic carbocycles. The van der Waals surface area contributed by atoms with Gasteiger partial charge in [-0.05, 0) is 18.9 Å². The molecule has 1 rings (SSSR count). The van der Waals surface area contributed by atoms with Crippen LogP contribution in [0.5, 0.6) is 0 Å². The number of hydrogen-bond acceptors (Lipinski definition) is 3. The van der Waals surface area contributed by atoms with E-state index >= 15 is 0 Å². The second kappa shape index (κ2) is 6.07. The first-order valence-corrected chi connectivity index (χ1v) is 6.15. The minimum absolute atomic E-state index is 0.0497. The van der Waals surface area contributed by atoms with E-state index in [4.69, 9.17) is 23.2 Å². The Labute approximate surface area is 110 Å². The zero-order valence-electron chi connectivity index (χ0n) is 9.67. The van der Waals surface area contributed by atoms with Gasteiger partial charge in [0.15, 0.2) is 0 Å². The fourth-order valence-electron chi connectivity index (χ4n) is 1.52. The van der Waals surface area contributed by atoms with Crippen molar-refractivity contribution in [1.29, 1.82) is 0 Å². The van der Waals surface area contributed by atoms with Gasteiger partial charge in [0, 0.05) is 12.1 Å². The summed E-state index contributed by atoms with van der Waals surface area (Å²) < 4.78 is 0. The Balaban J connectivity index is 3.12. The van der Waals surface area contributed by atoms with Crippen LogP contribution in [0.3, 0.4) is 0 Å². The van der Waals surface area contributed by atoms with Crippen LogP contribution >= 0.6 is 23.2 Å². The molecular weight excluding hydrogens is 263 g/mol. The van der Waals surface area contributed by atoms with E-state index in [1.807, 2.05) is 13.8 Å². The first-order valence-electron chi connectivity index (χ1n) is 5.39. The summed E-state index contributed by atoms with van der Waals surface area (Å²) in [5, 5.41) is 14.5. The predicted octanol–water partition coefficient (Wildman–Crippen LogP) is 4.50. The summed E-state index contributed by atoms with van der Waals surface area (Å²) in [7, 11) is 0. The van der Waals surface area contributed by atoms with E-state index in [9.17, 15) is 10.1 Å². The second-order valence-corrected chi connectivity index (χ2v) is 4.51. The smallest absolute Gasteiger partial charge is 0.293 e. The summed E-state index contributed by atoms with van der Waals surface area (Å²) in [6.07, 6.45) is 1.77. The normalized spacial score (nSPS) is 10.6. The Morgan fingerprint density at radius 1 is 1.29 bits per heavy atom. The van der Waals surface area contributed by atoms with Crippen molar-refractivity contribution in [1.82, 2.24) is 0 Å². The van der Waals surface area contributed by atoms with Gasteiger partial charge in [0.05, 0.1) is 15.0 Å². The van der Waals surface area contributed by atoms with Crippen molar-refractivity contribution in [3.05, 3.63) is 32.3 Å². The van der Waals surface area contributed by atoms with Gasteiger partial charge in [-0.3, -0.25) is 10.1 Å². The van der Waals surface area contributed by atoms with Crippen molar-refractivity contribution in [2.75, 3.05) is 5.32 Å². The molecule has 0 atom stereocenters. The summed E-state index contributed by atoms with van der Waals surface area (Å²) in [6.45, 7) is 4.04. The third-order valence-electron chi connectivity index (χ3n) is 2.58. The molecule has 6 heteroatoms. The molecule has 17 heavy (non-hydrogen) atoms. The average molecular weight is 277 g/mol. The van der Waals surface area contributed by atoms with Gasteiger partial charge in [0.25, 0.3) is 5.69 Å². The van der Waals surface area contributed by atoms with Crippen LogP contribution in [-0.4, -0.2) is 11.0 Å². The van der Waals surface area contributed by atoms with E-state index in [0.717, 1.165) is 12.8 Å². The molecule has 4 nitrogen and oxygen atoms in total. The van der Waals surface area contributed by atoms with Gasteiger partial charge >= 0.3 is 0 Å². The Morgan fingerprint density at radius 3 is 2.29 bits per heavy atom. The van der Waals surface area contributed by atoms with Crippen LogP contribution in [0, 0.1) is 10.1 Å². The summed E-state index contributed by atoms with van der Waals surface area (Å²) in [6, 6.07) is 2.96. The lowest BCUT2D eigenvalue weighted by molar-refractivity contribution is -0.384. The number of rotatable bonds is 5. The maximum absolute atomic E-state index is 10.9. The maximum atomic E-state index is 10.9. The van der Waals surface area contributed by atoms with Crippen molar-refractivity contribution in [2.24, 2.45) is 0 Å². The summed E-state index contributed by atoms with van der Waals surface area (Å²) >= 11 is 11.6. The monoisotopic (exact) mass is 276 g/mol. The first kappa shape index (κ1) is 14.1. The van der Waals surface area contributed by atoms with Crippen LogP contribution in [0.4, 0.5) is 11.4 Å². The molecule has 0 saturated heterocycles. The number of hydrogen-bond donors (Lipinski definition) is 1. The van der Waals surface area contributed by atoms with Gasteiger partial charge in [-0.15, -0.1) is 0 Å². The van der Waals surface area contributed by atoms with Gasteiger partial charge in [0.2, 0.25) is 0 Å². The lowest BCUT2D eigenvalue weighted by Crippen LogP contribution is -2.17. The third-order valence-corrected chi connectivity index (χ3v) is 3.30. The van der Waals surface area contributed by atoms with Gasteiger partial charge in [-0.2, -0.15) is 0 Å². The molecule has 0 bridgehead atoms. The number of nitrogens with one attached hydrogen (secondary N) is 1. The molecule has 0 aliphatic carbocycles.